The predicted molar refractivity (Wildman–Crippen MR) is 25.9 cm³/mol. The van der Waals surface area contributed by atoms with Crippen LogP contribution in [0.1, 0.15) is 6.42 Å². The number of hydrogen-bond acceptors (Lipinski definition) is 3. The number of aliphatic hydroxyl groups is 1. The number of carboxylic acid groups (broad SMARTS) is 2. The van der Waals surface area contributed by atoms with E-state index in [2.05, 4.69) is 0 Å². The fraction of sp³-hybridized carbons (Fsp3) is 0.500. The summed E-state index contributed by atoms with van der Waals surface area (Å²) in [4.78, 5) is 19.4. The van der Waals surface area contributed by atoms with E-state index in [-0.39, 0.29) is 19.5 Å². The molecule has 0 saturated carbocycles. The van der Waals surface area contributed by atoms with Crippen molar-refractivity contribution in [2.45, 2.75) is 12.5 Å². The van der Waals surface area contributed by atoms with Gasteiger partial charge in [0.1, 0.15) is 0 Å². The molecule has 0 fully saturated rings. The summed E-state index contributed by atoms with van der Waals surface area (Å²) in [5, 5.41) is 24.1. The zero-order valence-electron chi connectivity index (χ0n) is 5.15. The fourth-order valence-electron chi connectivity index (χ4n) is 0.253. The van der Waals surface area contributed by atoms with E-state index in [9.17, 15) is 9.59 Å². The van der Waals surface area contributed by atoms with Crippen LogP contribution in [-0.2, 0) is 29.1 Å². The number of carbonyl (C=O) groups is 2. The van der Waals surface area contributed by atoms with Gasteiger partial charge in [-0.05, 0) is 0 Å². The molecule has 0 heterocycles. The predicted octanol–water partition coefficient (Wildman–Crippen LogP) is -1.10. The Hall–Kier alpha value is -0.477. The summed E-state index contributed by atoms with van der Waals surface area (Å²) in [7, 11) is 0. The van der Waals surface area contributed by atoms with Crippen molar-refractivity contribution in [3.05, 3.63) is 0 Å². The van der Waals surface area contributed by atoms with Crippen molar-refractivity contribution in [3.63, 3.8) is 0 Å². The maximum Gasteiger partial charge on any atom is 0.333 e. The molecule has 0 aromatic carbocycles. The van der Waals surface area contributed by atoms with Crippen LogP contribution in [-0.4, -0.2) is 33.4 Å². The van der Waals surface area contributed by atoms with Gasteiger partial charge in [-0.1, -0.05) is 0 Å². The van der Waals surface area contributed by atoms with Crippen molar-refractivity contribution in [2.24, 2.45) is 0 Å². The van der Waals surface area contributed by atoms with Crippen LogP contribution >= 0.6 is 0 Å². The van der Waals surface area contributed by atoms with Gasteiger partial charge in [0.2, 0.25) is 0 Å². The summed E-state index contributed by atoms with van der Waals surface area (Å²) in [5.41, 5.74) is 0. The van der Waals surface area contributed by atoms with Gasteiger partial charge < -0.3 is 15.3 Å². The Bertz CT molecular complexity index is 134. The Morgan fingerprint density at radius 2 is 1.70 bits per heavy atom. The second kappa shape index (κ2) is 5.32. The first kappa shape index (κ1) is 12.2. The third-order valence-electron chi connectivity index (χ3n) is 0.653. The van der Waals surface area contributed by atoms with E-state index in [1.807, 2.05) is 0 Å². The molecule has 0 radical (unpaired) electrons. The molecule has 1 atom stereocenters. The monoisotopic (exact) mass is 198 g/mol. The Kier molecular flexibility index (Phi) is 6.50. The van der Waals surface area contributed by atoms with Crippen LogP contribution in [0.3, 0.4) is 0 Å². The minimum Gasteiger partial charge on any atom is -0.481 e. The zero-order chi connectivity index (χ0) is 7.44. The van der Waals surface area contributed by atoms with Gasteiger partial charge in [0.15, 0.2) is 6.10 Å². The first-order chi connectivity index (χ1) is 4.04. The Morgan fingerprint density at radius 1 is 1.30 bits per heavy atom. The normalized spacial score (nSPS) is 11.3. The van der Waals surface area contributed by atoms with Crippen LogP contribution in [0, 0.1) is 0 Å². The van der Waals surface area contributed by atoms with Crippen molar-refractivity contribution in [2.75, 3.05) is 0 Å². The molecule has 54 valence electrons. The Morgan fingerprint density at radius 3 is 1.80 bits per heavy atom. The molecule has 6 heteroatoms. The maximum absolute atomic E-state index is 9.72. The Labute approximate surface area is 69.4 Å². The summed E-state index contributed by atoms with van der Waals surface area (Å²) >= 11 is 0. The van der Waals surface area contributed by atoms with E-state index in [0.717, 1.165) is 0 Å². The minimum absolute atomic E-state index is 0. The number of aliphatic carboxylic acids is 2. The Balaban J connectivity index is 0. The SMILES string of the molecule is O=C(O)CC(O)C(=O)O.[Zn]. The van der Waals surface area contributed by atoms with Crippen molar-refractivity contribution in [3.8, 4) is 0 Å². The third kappa shape index (κ3) is 5.66. The van der Waals surface area contributed by atoms with Crippen LogP contribution < -0.4 is 0 Å². The van der Waals surface area contributed by atoms with E-state index in [0.29, 0.717) is 0 Å². The first-order valence-electron chi connectivity index (χ1n) is 2.16. The molecule has 0 aliphatic heterocycles. The van der Waals surface area contributed by atoms with Crippen LogP contribution in [0.25, 0.3) is 0 Å². The quantitative estimate of drug-likeness (QED) is 0.502. The summed E-state index contributed by atoms with van der Waals surface area (Å²) in [5.74, 6) is -2.85. The number of carboxylic acids is 2. The molecule has 0 aliphatic carbocycles. The van der Waals surface area contributed by atoms with Crippen LogP contribution in [0.5, 0.6) is 0 Å². The molecule has 10 heavy (non-hydrogen) atoms. The van der Waals surface area contributed by atoms with Crippen molar-refractivity contribution < 1.29 is 44.4 Å². The van der Waals surface area contributed by atoms with Gasteiger partial charge in [-0.2, -0.15) is 0 Å². The number of hydrogen-bond donors (Lipinski definition) is 3. The van der Waals surface area contributed by atoms with Crippen LogP contribution in [0.15, 0.2) is 0 Å². The van der Waals surface area contributed by atoms with Gasteiger partial charge in [-0.15, -0.1) is 0 Å². The van der Waals surface area contributed by atoms with Crippen molar-refractivity contribution in [1.29, 1.82) is 0 Å². The molecule has 0 amide bonds. The fourth-order valence-corrected chi connectivity index (χ4v) is 0.253. The first-order valence-corrected chi connectivity index (χ1v) is 2.16. The van der Waals surface area contributed by atoms with Crippen LogP contribution in [0.2, 0.25) is 0 Å². The average Bonchev–Trinajstić information content (AvgIpc) is 1.63. The molecule has 0 aromatic heterocycles. The van der Waals surface area contributed by atoms with E-state index in [1.165, 1.54) is 0 Å². The molecular weight excluding hydrogens is 193 g/mol. The standard InChI is InChI=1S/C4H6O5.Zn/c5-2(4(8)9)1-3(6)7;/h2,5H,1H2,(H,6,7)(H,8,9);. The van der Waals surface area contributed by atoms with Gasteiger partial charge in [0, 0.05) is 19.5 Å². The largest absolute Gasteiger partial charge is 0.481 e. The van der Waals surface area contributed by atoms with Gasteiger partial charge in [-0.3, -0.25) is 4.79 Å². The van der Waals surface area contributed by atoms with Gasteiger partial charge in [-0.25, -0.2) is 4.79 Å². The molecule has 0 saturated heterocycles. The van der Waals surface area contributed by atoms with E-state index in [4.69, 9.17) is 15.3 Å². The second-order valence-electron chi connectivity index (χ2n) is 1.45. The van der Waals surface area contributed by atoms with E-state index < -0.39 is 24.5 Å². The van der Waals surface area contributed by atoms with Crippen molar-refractivity contribution in [1.82, 2.24) is 0 Å². The van der Waals surface area contributed by atoms with E-state index in [1.54, 1.807) is 0 Å². The van der Waals surface area contributed by atoms with Gasteiger partial charge in [0.25, 0.3) is 0 Å². The smallest absolute Gasteiger partial charge is 0.333 e. The molecule has 0 rings (SSSR count). The summed E-state index contributed by atoms with van der Waals surface area (Å²) in [6.45, 7) is 0. The number of rotatable bonds is 3. The summed E-state index contributed by atoms with van der Waals surface area (Å²) in [6, 6.07) is 0. The minimum atomic E-state index is -1.79. The molecule has 0 spiro atoms. The van der Waals surface area contributed by atoms with E-state index >= 15 is 0 Å². The molecular formula is C4H6O5Zn. The van der Waals surface area contributed by atoms with Gasteiger partial charge >= 0.3 is 11.9 Å². The molecule has 5 nitrogen and oxygen atoms in total. The summed E-state index contributed by atoms with van der Waals surface area (Å²) in [6.07, 6.45) is -2.54. The molecule has 0 aromatic rings. The molecule has 1 unspecified atom stereocenters. The topological polar surface area (TPSA) is 94.8 Å². The zero-order valence-corrected chi connectivity index (χ0v) is 8.12. The maximum atomic E-state index is 9.72. The molecule has 0 bridgehead atoms. The number of aliphatic hydroxyl groups excluding tert-OH is 1. The molecule has 0 aliphatic rings. The van der Waals surface area contributed by atoms with Crippen molar-refractivity contribution >= 4 is 11.9 Å². The summed E-state index contributed by atoms with van der Waals surface area (Å²) < 4.78 is 0. The van der Waals surface area contributed by atoms with Crippen LogP contribution in [0.4, 0.5) is 0 Å². The third-order valence-corrected chi connectivity index (χ3v) is 0.653. The second-order valence-corrected chi connectivity index (χ2v) is 1.45. The molecule has 3 N–H and O–H groups in total. The average molecular weight is 199 g/mol. The van der Waals surface area contributed by atoms with Gasteiger partial charge in [0.05, 0.1) is 6.42 Å².